The quantitative estimate of drug-likeness (QED) is 0.851. The Morgan fingerprint density at radius 1 is 0.846 bits per heavy atom. The zero-order chi connectivity index (χ0) is 18.5. The highest BCUT2D eigenvalue weighted by Gasteiger charge is 2.25. The van der Waals surface area contributed by atoms with E-state index in [2.05, 4.69) is 0 Å². The molecule has 1 saturated heterocycles. The van der Waals surface area contributed by atoms with Crippen molar-refractivity contribution in [2.24, 2.45) is 0 Å². The van der Waals surface area contributed by atoms with Crippen molar-refractivity contribution in [2.75, 3.05) is 33.3 Å². The van der Waals surface area contributed by atoms with Gasteiger partial charge in [0.1, 0.15) is 5.75 Å². The summed E-state index contributed by atoms with van der Waals surface area (Å²) in [6.07, 6.45) is 0. The van der Waals surface area contributed by atoms with Gasteiger partial charge in [0.2, 0.25) is 0 Å². The molecule has 0 atom stereocenters. The second-order valence-electron chi connectivity index (χ2n) is 6.00. The number of amides is 2. The van der Waals surface area contributed by atoms with Gasteiger partial charge in [0.15, 0.2) is 0 Å². The highest BCUT2D eigenvalue weighted by molar-refractivity contribution is 5.96. The van der Waals surface area contributed by atoms with Crippen molar-refractivity contribution in [3.8, 4) is 11.8 Å². The molecule has 3 rings (SSSR count). The third-order valence-electron chi connectivity index (χ3n) is 4.45. The number of hydrogen-bond donors (Lipinski definition) is 0. The maximum atomic E-state index is 12.6. The van der Waals surface area contributed by atoms with E-state index in [1.807, 2.05) is 6.07 Å². The Morgan fingerprint density at radius 3 is 1.65 bits per heavy atom. The topological polar surface area (TPSA) is 73.6 Å². The van der Waals surface area contributed by atoms with Gasteiger partial charge in [-0.3, -0.25) is 9.59 Å². The maximum absolute atomic E-state index is 12.6. The molecule has 0 N–H and O–H groups in total. The molecule has 0 unspecified atom stereocenters. The van der Waals surface area contributed by atoms with E-state index in [1.165, 1.54) is 0 Å². The number of nitrogens with zero attached hydrogens (tertiary/aromatic N) is 3. The van der Waals surface area contributed by atoms with Crippen LogP contribution in [0.25, 0.3) is 0 Å². The first kappa shape index (κ1) is 17.5. The Hall–Kier alpha value is -3.33. The summed E-state index contributed by atoms with van der Waals surface area (Å²) in [6, 6.07) is 15.6. The second kappa shape index (κ2) is 7.70. The third kappa shape index (κ3) is 3.67. The van der Waals surface area contributed by atoms with Gasteiger partial charge in [0.05, 0.1) is 18.7 Å². The highest BCUT2D eigenvalue weighted by atomic mass is 16.5. The van der Waals surface area contributed by atoms with Gasteiger partial charge < -0.3 is 14.5 Å². The van der Waals surface area contributed by atoms with Gasteiger partial charge in [-0.2, -0.15) is 5.26 Å². The fourth-order valence-electron chi connectivity index (χ4n) is 2.90. The lowest BCUT2D eigenvalue weighted by atomic mass is 10.1. The summed E-state index contributed by atoms with van der Waals surface area (Å²) in [7, 11) is 1.58. The molecule has 6 nitrogen and oxygen atoms in total. The summed E-state index contributed by atoms with van der Waals surface area (Å²) in [5, 5.41) is 8.83. The van der Waals surface area contributed by atoms with Gasteiger partial charge in [-0.05, 0) is 48.5 Å². The van der Waals surface area contributed by atoms with Crippen LogP contribution in [0.1, 0.15) is 26.3 Å². The fourth-order valence-corrected chi connectivity index (χ4v) is 2.90. The molecule has 1 heterocycles. The minimum Gasteiger partial charge on any atom is -0.497 e. The fraction of sp³-hybridized carbons (Fsp3) is 0.250. The molecule has 0 saturated carbocycles. The first-order valence-corrected chi connectivity index (χ1v) is 8.35. The van der Waals surface area contributed by atoms with Crippen LogP contribution in [0.4, 0.5) is 0 Å². The molecular formula is C20H19N3O3. The average molecular weight is 349 g/mol. The summed E-state index contributed by atoms with van der Waals surface area (Å²) in [5.74, 6) is 0.587. The van der Waals surface area contributed by atoms with Gasteiger partial charge >= 0.3 is 0 Å². The molecule has 0 aromatic heterocycles. The van der Waals surface area contributed by atoms with Crippen LogP contribution in [-0.4, -0.2) is 54.9 Å². The lowest BCUT2D eigenvalue weighted by Crippen LogP contribution is -2.50. The van der Waals surface area contributed by atoms with E-state index in [-0.39, 0.29) is 11.8 Å². The molecule has 132 valence electrons. The van der Waals surface area contributed by atoms with Gasteiger partial charge in [0, 0.05) is 37.3 Å². The SMILES string of the molecule is COc1ccc(C(=O)N2CCN(C(=O)c3ccc(C#N)cc3)CC2)cc1. The smallest absolute Gasteiger partial charge is 0.253 e. The summed E-state index contributed by atoms with van der Waals surface area (Å²) in [4.78, 5) is 28.6. The lowest BCUT2D eigenvalue weighted by Gasteiger charge is -2.35. The number of nitriles is 1. The number of carbonyl (C=O) groups is 2. The van der Waals surface area contributed by atoms with Crippen molar-refractivity contribution in [1.82, 2.24) is 9.80 Å². The van der Waals surface area contributed by atoms with Crippen molar-refractivity contribution in [3.63, 3.8) is 0 Å². The Kier molecular flexibility index (Phi) is 5.18. The van der Waals surface area contributed by atoms with E-state index in [0.29, 0.717) is 48.6 Å². The number of ether oxygens (including phenoxy) is 1. The van der Waals surface area contributed by atoms with Gasteiger partial charge in [-0.1, -0.05) is 0 Å². The number of hydrogen-bond acceptors (Lipinski definition) is 4. The number of methoxy groups -OCH3 is 1. The standard InChI is InChI=1S/C20H19N3O3/c1-26-18-8-6-17(7-9-18)20(25)23-12-10-22(11-13-23)19(24)16-4-2-15(14-21)3-5-16/h2-9H,10-13H2,1H3. The normalized spacial score (nSPS) is 13.8. The minimum atomic E-state index is -0.0777. The monoisotopic (exact) mass is 349 g/mol. The van der Waals surface area contributed by atoms with Crippen LogP contribution in [-0.2, 0) is 0 Å². The Morgan fingerprint density at radius 2 is 1.27 bits per heavy atom. The molecule has 2 amide bonds. The van der Waals surface area contributed by atoms with Crippen LogP contribution in [0, 0.1) is 11.3 Å². The molecule has 1 aliphatic heterocycles. The van der Waals surface area contributed by atoms with E-state index < -0.39 is 0 Å². The number of carbonyl (C=O) groups excluding carboxylic acids is 2. The lowest BCUT2D eigenvalue weighted by molar-refractivity contribution is 0.0535. The van der Waals surface area contributed by atoms with Crippen LogP contribution >= 0.6 is 0 Å². The number of benzene rings is 2. The first-order valence-electron chi connectivity index (χ1n) is 8.35. The van der Waals surface area contributed by atoms with Gasteiger partial charge in [-0.15, -0.1) is 0 Å². The highest BCUT2D eigenvalue weighted by Crippen LogP contribution is 2.15. The zero-order valence-electron chi connectivity index (χ0n) is 14.5. The molecule has 1 aliphatic rings. The Bertz CT molecular complexity index is 830. The molecule has 0 radical (unpaired) electrons. The van der Waals surface area contributed by atoms with Crippen LogP contribution in [0.5, 0.6) is 5.75 Å². The zero-order valence-corrected chi connectivity index (χ0v) is 14.5. The second-order valence-corrected chi connectivity index (χ2v) is 6.00. The molecule has 26 heavy (non-hydrogen) atoms. The predicted octanol–water partition coefficient (Wildman–Crippen LogP) is 2.17. The van der Waals surface area contributed by atoms with Gasteiger partial charge in [0.25, 0.3) is 11.8 Å². The van der Waals surface area contributed by atoms with Crippen LogP contribution in [0.2, 0.25) is 0 Å². The molecule has 0 spiro atoms. The summed E-state index contributed by atoms with van der Waals surface area (Å²) < 4.78 is 5.10. The van der Waals surface area contributed by atoms with E-state index >= 15 is 0 Å². The van der Waals surface area contributed by atoms with Crippen LogP contribution < -0.4 is 4.74 Å². The molecule has 2 aromatic rings. The summed E-state index contributed by atoms with van der Waals surface area (Å²) in [6.45, 7) is 1.96. The van der Waals surface area contributed by atoms with Crippen molar-refractivity contribution in [2.45, 2.75) is 0 Å². The molecule has 2 aromatic carbocycles. The van der Waals surface area contributed by atoms with Crippen LogP contribution in [0.15, 0.2) is 48.5 Å². The summed E-state index contributed by atoms with van der Waals surface area (Å²) in [5.41, 5.74) is 1.69. The van der Waals surface area contributed by atoms with E-state index in [1.54, 1.807) is 65.4 Å². The number of rotatable bonds is 3. The van der Waals surface area contributed by atoms with Crippen molar-refractivity contribution in [1.29, 1.82) is 5.26 Å². The maximum Gasteiger partial charge on any atom is 0.253 e. The molecule has 0 bridgehead atoms. The van der Waals surface area contributed by atoms with Crippen molar-refractivity contribution in [3.05, 3.63) is 65.2 Å². The minimum absolute atomic E-state index is 0.0434. The molecule has 1 fully saturated rings. The molecular weight excluding hydrogens is 330 g/mol. The predicted molar refractivity (Wildman–Crippen MR) is 96.0 cm³/mol. The van der Waals surface area contributed by atoms with E-state index in [4.69, 9.17) is 10.00 Å². The van der Waals surface area contributed by atoms with Gasteiger partial charge in [-0.25, -0.2) is 0 Å². The Balaban J connectivity index is 1.60. The Labute approximate surface area is 152 Å². The van der Waals surface area contributed by atoms with E-state index in [0.717, 1.165) is 0 Å². The first-order chi connectivity index (χ1) is 12.6. The van der Waals surface area contributed by atoms with Crippen LogP contribution in [0.3, 0.4) is 0 Å². The van der Waals surface area contributed by atoms with Crippen molar-refractivity contribution >= 4 is 11.8 Å². The van der Waals surface area contributed by atoms with Crippen molar-refractivity contribution < 1.29 is 14.3 Å². The third-order valence-corrected chi connectivity index (χ3v) is 4.45. The molecule has 0 aliphatic carbocycles. The molecule has 6 heteroatoms. The number of piperazine rings is 1. The largest absolute Gasteiger partial charge is 0.497 e. The van der Waals surface area contributed by atoms with E-state index in [9.17, 15) is 9.59 Å². The average Bonchev–Trinajstić information content (AvgIpc) is 2.73. The summed E-state index contributed by atoms with van der Waals surface area (Å²) >= 11 is 0.